The van der Waals surface area contributed by atoms with Crippen molar-refractivity contribution in [2.24, 2.45) is 17.5 Å². The number of aliphatic carboxylic acids is 1. The summed E-state index contributed by atoms with van der Waals surface area (Å²) in [5.74, 6) is 5.11. The first-order chi connectivity index (χ1) is 11.5. The second-order valence-corrected chi connectivity index (χ2v) is 7.22. The van der Waals surface area contributed by atoms with Crippen LogP contribution < -0.4 is 21.7 Å². The summed E-state index contributed by atoms with van der Waals surface area (Å²) >= 11 is 7.27. The van der Waals surface area contributed by atoms with E-state index in [0.29, 0.717) is 23.3 Å². The van der Waals surface area contributed by atoms with Crippen molar-refractivity contribution in [1.29, 1.82) is 0 Å². The molecular weight excluding hydrogens is 350 g/mol. The van der Waals surface area contributed by atoms with E-state index in [1.165, 1.54) is 32.1 Å². The third kappa shape index (κ3) is 5.22. The lowest BCUT2D eigenvalue weighted by molar-refractivity contribution is -0.133. The highest BCUT2D eigenvalue weighted by Gasteiger charge is 2.16. The van der Waals surface area contributed by atoms with Gasteiger partial charge in [-0.2, -0.15) is 0 Å². The highest BCUT2D eigenvalue weighted by molar-refractivity contribution is 8.03. The third-order valence-corrected chi connectivity index (χ3v) is 5.16. The smallest absolute Gasteiger partial charge is 0.356 e. The van der Waals surface area contributed by atoms with Crippen molar-refractivity contribution in [2.45, 2.75) is 37.0 Å². The number of nitrogens with one attached hydrogen (secondary N) is 1. The van der Waals surface area contributed by atoms with Crippen molar-refractivity contribution in [3.63, 3.8) is 0 Å². The van der Waals surface area contributed by atoms with Gasteiger partial charge < -0.3 is 21.0 Å². The first kappa shape index (κ1) is 18.8. The normalized spacial score (nSPS) is 16.4. The SMILES string of the molecule is NN/C(C(=O)O)=C(\N)Sc1ccc(Cl)c(OCC2CCCCC2)c1. The number of hydrazine groups is 1. The Labute approximate surface area is 150 Å². The highest BCUT2D eigenvalue weighted by atomic mass is 35.5. The van der Waals surface area contributed by atoms with Gasteiger partial charge in [0, 0.05) is 4.90 Å². The molecule has 0 aliphatic heterocycles. The van der Waals surface area contributed by atoms with E-state index in [4.69, 9.17) is 33.0 Å². The van der Waals surface area contributed by atoms with Crippen molar-refractivity contribution >= 4 is 29.3 Å². The molecule has 24 heavy (non-hydrogen) atoms. The van der Waals surface area contributed by atoms with E-state index in [0.717, 1.165) is 16.7 Å². The highest BCUT2D eigenvalue weighted by Crippen LogP contribution is 2.34. The fourth-order valence-corrected chi connectivity index (χ4v) is 3.61. The number of carbonyl (C=O) groups is 1. The summed E-state index contributed by atoms with van der Waals surface area (Å²) in [5, 5.41) is 9.59. The maximum absolute atomic E-state index is 11.0. The number of halogens is 1. The summed E-state index contributed by atoms with van der Waals surface area (Å²) in [6.45, 7) is 0.643. The van der Waals surface area contributed by atoms with Crippen LogP contribution in [0.15, 0.2) is 33.8 Å². The van der Waals surface area contributed by atoms with E-state index < -0.39 is 5.97 Å². The van der Waals surface area contributed by atoms with E-state index in [1.54, 1.807) is 18.2 Å². The molecule has 0 bridgehead atoms. The zero-order valence-corrected chi connectivity index (χ0v) is 14.8. The molecule has 1 aliphatic rings. The maximum atomic E-state index is 11.0. The Bertz CT molecular complexity index is 619. The molecule has 8 heteroatoms. The first-order valence-electron chi connectivity index (χ1n) is 7.81. The van der Waals surface area contributed by atoms with Crippen molar-refractivity contribution < 1.29 is 14.6 Å². The second kappa shape index (κ2) is 9.05. The number of thioether (sulfide) groups is 1. The van der Waals surface area contributed by atoms with Gasteiger partial charge in [-0.25, -0.2) is 4.79 Å². The molecule has 6 N–H and O–H groups in total. The van der Waals surface area contributed by atoms with E-state index in [-0.39, 0.29) is 10.7 Å². The van der Waals surface area contributed by atoms with Gasteiger partial charge in [-0.05, 0) is 37.0 Å². The molecular formula is C16H22ClN3O3S. The molecule has 0 aromatic heterocycles. The van der Waals surface area contributed by atoms with Crippen LogP contribution in [0.25, 0.3) is 0 Å². The van der Waals surface area contributed by atoms with Crippen LogP contribution in [-0.2, 0) is 4.79 Å². The molecule has 1 aromatic carbocycles. The Morgan fingerprint density at radius 2 is 2.08 bits per heavy atom. The minimum Gasteiger partial charge on any atom is -0.492 e. The number of hydrogen-bond donors (Lipinski definition) is 4. The number of nitrogens with two attached hydrogens (primary N) is 2. The number of benzene rings is 1. The fraction of sp³-hybridized carbons (Fsp3) is 0.438. The zero-order valence-electron chi connectivity index (χ0n) is 13.3. The lowest BCUT2D eigenvalue weighted by Gasteiger charge is -2.22. The molecule has 1 saturated carbocycles. The van der Waals surface area contributed by atoms with Crippen LogP contribution in [0.5, 0.6) is 5.75 Å². The van der Waals surface area contributed by atoms with Gasteiger partial charge in [0.1, 0.15) is 10.8 Å². The number of ether oxygens (including phenoxy) is 1. The Kier molecular flexibility index (Phi) is 7.08. The summed E-state index contributed by atoms with van der Waals surface area (Å²) in [5.41, 5.74) is 7.63. The van der Waals surface area contributed by atoms with Crippen LogP contribution in [0.1, 0.15) is 32.1 Å². The van der Waals surface area contributed by atoms with E-state index in [9.17, 15) is 4.79 Å². The first-order valence-corrected chi connectivity index (χ1v) is 9.00. The molecule has 0 saturated heterocycles. The van der Waals surface area contributed by atoms with Crippen molar-refractivity contribution in [2.75, 3.05) is 6.61 Å². The van der Waals surface area contributed by atoms with Crippen LogP contribution >= 0.6 is 23.4 Å². The van der Waals surface area contributed by atoms with Gasteiger partial charge in [0.05, 0.1) is 11.6 Å². The van der Waals surface area contributed by atoms with E-state index >= 15 is 0 Å². The zero-order chi connectivity index (χ0) is 17.5. The minimum absolute atomic E-state index is 0.0607. The predicted octanol–water partition coefficient (Wildman–Crippen LogP) is 3.07. The monoisotopic (exact) mass is 371 g/mol. The van der Waals surface area contributed by atoms with Gasteiger partial charge in [-0.15, -0.1) is 0 Å². The van der Waals surface area contributed by atoms with Gasteiger partial charge in [0.15, 0.2) is 5.70 Å². The topological polar surface area (TPSA) is 111 Å². The average Bonchev–Trinajstić information content (AvgIpc) is 2.56. The summed E-state index contributed by atoms with van der Waals surface area (Å²) in [6, 6.07) is 5.23. The minimum atomic E-state index is -1.22. The third-order valence-electron chi connectivity index (χ3n) is 3.93. The van der Waals surface area contributed by atoms with Gasteiger partial charge in [-0.3, -0.25) is 5.84 Å². The quantitative estimate of drug-likeness (QED) is 0.252. The van der Waals surface area contributed by atoms with Crippen LogP contribution in [0.3, 0.4) is 0 Å². The molecule has 0 unspecified atom stereocenters. The van der Waals surface area contributed by atoms with Gasteiger partial charge in [0.25, 0.3) is 0 Å². The van der Waals surface area contributed by atoms with Crippen LogP contribution in [-0.4, -0.2) is 17.7 Å². The van der Waals surface area contributed by atoms with E-state index in [2.05, 4.69) is 5.43 Å². The molecule has 0 heterocycles. The summed E-state index contributed by atoms with van der Waals surface area (Å²) < 4.78 is 5.87. The number of hydrogen-bond acceptors (Lipinski definition) is 6. The van der Waals surface area contributed by atoms with Crippen LogP contribution in [0, 0.1) is 5.92 Å². The summed E-state index contributed by atoms with van der Waals surface area (Å²) in [7, 11) is 0. The summed E-state index contributed by atoms with van der Waals surface area (Å²) in [6.07, 6.45) is 6.18. The molecule has 2 rings (SSSR count). The second-order valence-electron chi connectivity index (χ2n) is 5.70. The standard InChI is InChI=1S/C16H22ClN3O3S/c17-12-7-6-11(24-15(18)14(20-19)16(21)22)8-13(12)23-9-10-4-2-1-3-5-10/h6-8,10,20H,1-5,9,18-19H2,(H,21,22)/b15-14+. The van der Waals surface area contributed by atoms with Crippen LogP contribution in [0.2, 0.25) is 5.02 Å². The molecule has 1 fully saturated rings. The maximum Gasteiger partial charge on any atom is 0.356 e. The molecule has 1 aliphatic carbocycles. The van der Waals surface area contributed by atoms with Gasteiger partial charge in [0.2, 0.25) is 0 Å². The Morgan fingerprint density at radius 3 is 2.71 bits per heavy atom. The number of carboxylic acids is 1. The van der Waals surface area contributed by atoms with Gasteiger partial charge >= 0.3 is 5.97 Å². The van der Waals surface area contributed by atoms with Crippen molar-refractivity contribution in [1.82, 2.24) is 5.43 Å². The number of carboxylic acid groups (broad SMARTS) is 1. The van der Waals surface area contributed by atoms with Crippen molar-refractivity contribution in [3.05, 3.63) is 33.9 Å². The lowest BCUT2D eigenvalue weighted by Crippen LogP contribution is -2.29. The molecule has 132 valence electrons. The molecule has 0 spiro atoms. The van der Waals surface area contributed by atoms with Crippen molar-refractivity contribution in [3.8, 4) is 5.75 Å². The predicted molar refractivity (Wildman–Crippen MR) is 95.6 cm³/mol. The summed E-state index contributed by atoms with van der Waals surface area (Å²) in [4.78, 5) is 11.7. The van der Waals surface area contributed by atoms with Gasteiger partial charge in [-0.1, -0.05) is 42.6 Å². The number of rotatable bonds is 7. The Morgan fingerprint density at radius 1 is 1.38 bits per heavy atom. The van der Waals surface area contributed by atoms with E-state index in [1.807, 2.05) is 0 Å². The molecule has 6 nitrogen and oxygen atoms in total. The Hall–Kier alpha value is -1.57. The average molecular weight is 372 g/mol. The molecule has 0 atom stereocenters. The van der Waals surface area contributed by atoms with Crippen LogP contribution in [0.4, 0.5) is 0 Å². The molecule has 1 aromatic rings. The fourth-order valence-electron chi connectivity index (χ4n) is 2.64. The Balaban J connectivity index is 2.06. The largest absolute Gasteiger partial charge is 0.492 e. The molecule has 0 radical (unpaired) electrons. The lowest BCUT2D eigenvalue weighted by atomic mass is 9.90. The molecule has 0 amide bonds.